The van der Waals surface area contributed by atoms with Gasteiger partial charge in [0.2, 0.25) is 0 Å². The summed E-state index contributed by atoms with van der Waals surface area (Å²) in [6.07, 6.45) is 3.90. The van der Waals surface area contributed by atoms with Crippen molar-refractivity contribution in [1.29, 1.82) is 5.26 Å². The number of hydrogen-bond acceptors (Lipinski definition) is 3. The first-order chi connectivity index (χ1) is 8.62. The van der Waals surface area contributed by atoms with Crippen LogP contribution >= 0.6 is 0 Å². The van der Waals surface area contributed by atoms with Gasteiger partial charge in [-0.05, 0) is 42.3 Å². The van der Waals surface area contributed by atoms with Crippen LogP contribution in [0, 0.1) is 11.3 Å². The fourth-order valence-electron chi connectivity index (χ4n) is 1.92. The SMILES string of the molecule is CC(O)(Cc1ccncc1)c1cccc(C#N)c1. The molecule has 1 atom stereocenters. The van der Waals surface area contributed by atoms with Gasteiger partial charge in [-0.2, -0.15) is 5.26 Å². The summed E-state index contributed by atoms with van der Waals surface area (Å²) in [6, 6.07) is 12.9. The maximum Gasteiger partial charge on any atom is 0.0991 e. The van der Waals surface area contributed by atoms with Crippen molar-refractivity contribution in [2.45, 2.75) is 18.9 Å². The summed E-state index contributed by atoms with van der Waals surface area (Å²) in [4.78, 5) is 3.95. The van der Waals surface area contributed by atoms with Gasteiger partial charge in [-0.1, -0.05) is 12.1 Å². The lowest BCUT2D eigenvalue weighted by atomic mass is 9.88. The molecule has 2 aromatic rings. The molecule has 0 saturated carbocycles. The molecule has 0 amide bonds. The van der Waals surface area contributed by atoms with Crippen molar-refractivity contribution in [3.8, 4) is 6.07 Å². The van der Waals surface area contributed by atoms with Crippen LogP contribution in [0.25, 0.3) is 0 Å². The van der Waals surface area contributed by atoms with Crippen molar-refractivity contribution in [2.24, 2.45) is 0 Å². The first-order valence-electron chi connectivity index (χ1n) is 5.74. The topological polar surface area (TPSA) is 56.9 Å². The van der Waals surface area contributed by atoms with E-state index < -0.39 is 5.60 Å². The highest BCUT2D eigenvalue weighted by Crippen LogP contribution is 2.25. The normalized spacial score (nSPS) is 13.6. The van der Waals surface area contributed by atoms with Crippen LogP contribution in [-0.4, -0.2) is 10.1 Å². The molecule has 0 spiro atoms. The van der Waals surface area contributed by atoms with E-state index in [2.05, 4.69) is 11.1 Å². The van der Waals surface area contributed by atoms with Crippen LogP contribution < -0.4 is 0 Å². The van der Waals surface area contributed by atoms with Crippen molar-refractivity contribution in [3.63, 3.8) is 0 Å². The maximum absolute atomic E-state index is 10.5. The smallest absolute Gasteiger partial charge is 0.0991 e. The Balaban J connectivity index is 2.28. The number of hydrogen-bond donors (Lipinski definition) is 1. The molecule has 3 heteroatoms. The van der Waals surface area contributed by atoms with Crippen LogP contribution in [0.2, 0.25) is 0 Å². The highest BCUT2D eigenvalue weighted by Gasteiger charge is 2.23. The summed E-state index contributed by atoms with van der Waals surface area (Å²) < 4.78 is 0. The molecule has 1 heterocycles. The van der Waals surface area contributed by atoms with Gasteiger partial charge >= 0.3 is 0 Å². The van der Waals surface area contributed by atoms with Crippen LogP contribution in [0.4, 0.5) is 0 Å². The molecule has 0 fully saturated rings. The van der Waals surface area contributed by atoms with Gasteiger partial charge in [-0.15, -0.1) is 0 Å². The Morgan fingerprint density at radius 2 is 2.00 bits per heavy atom. The molecule has 1 N–H and O–H groups in total. The number of nitrogens with zero attached hydrogens (tertiary/aromatic N) is 2. The summed E-state index contributed by atoms with van der Waals surface area (Å²) in [5.74, 6) is 0. The molecule has 0 aliphatic carbocycles. The second-order valence-corrected chi connectivity index (χ2v) is 4.50. The molecule has 0 saturated heterocycles. The van der Waals surface area contributed by atoms with Crippen LogP contribution in [0.15, 0.2) is 48.8 Å². The first-order valence-corrected chi connectivity index (χ1v) is 5.74. The minimum atomic E-state index is -0.992. The third-order valence-electron chi connectivity index (χ3n) is 2.91. The fourth-order valence-corrected chi connectivity index (χ4v) is 1.92. The number of pyridine rings is 1. The van der Waals surface area contributed by atoms with Gasteiger partial charge < -0.3 is 5.11 Å². The largest absolute Gasteiger partial charge is 0.385 e. The van der Waals surface area contributed by atoms with E-state index in [0.29, 0.717) is 12.0 Å². The van der Waals surface area contributed by atoms with Crippen LogP contribution in [0.5, 0.6) is 0 Å². The maximum atomic E-state index is 10.5. The van der Waals surface area contributed by atoms with Gasteiger partial charge in [0.05, 0.1) is 17.2 Å². The van der Waals surface area contributed by atoms with Gasteiger partial charge in [0, 0.05) is 18.8 Å². The van der Waals surface area contributed by atoms with Crippen molar-refractivity contribution >= 4 is 0 Å². The number of rotatable bonds is 3. The standard InChI is InChI=1S/C15H14N2O/c1-15(18,10-12-5-7-17-8-6-12)14-4-2-3-13(9-14)11-16/h2-9,18H,10H2,1H3. The van der Waals surface area contributed by atoms with E-state index in [1.54, 1.807) is 37.5 Å². The minimum absolute atomic E-state index is 0.490. The zero-order valence-corrected chi connectivity index (χ0v) is 10.2. The van der Waals surface area contributed by atoms with Crippen molar-refractivity contribution < 1.29 is 5.11 Å². The molecule has 1 unspecified atom stereocenters. The average Bonchev–Trinajstić information content (AvgIpc) is 2.39. The Labute approximate surface area is 106 Å². The van der Waals surface area contributed by atoms with Gasteiger partial charge in [-0.3, -0.25) is 4.98 Å². The molecule has 90 valence electrons. The minimum Gasteiger partial charge on any atom is -0.385 e. The number of aliphatic hydroxyl groups is 1. The lowest BCUT2D eigenvalue weighted by Gasteiger charge is -2.24. The van der Waals surface area contributed by atoms with E-state index in [1.807, 2.05) is 18.2 Å². The van der Waals surface area contributed by atoms with Gasteiger partial charge in [-0.25, -0.2) is 0 Å². The van der Waals surface area contributed by atoms with Crippen molar-refractivity contribution in [2.75, 3.05) is 0 Å². The van der Waals surface area contributed by atoms with E-state index in [9.17, 15) is 5.11 Å². The van der Waals surface area contributed by atoms with E-state index in [4.69, 9.17) is 5.26 Å². The molecule has 0 bridgehead atoms. The first kappa shape index (κ1) is 12.3. The molecule has 0 aliphatic heterocycles. The van der Waals surface area contributed by atoms with Crippen molar-refractivity contribution in [1.82, 2.24) is 4.98 Å². The summed E-state index contributed by atoms with van der Waals surface area (Å²) in [6.45, 7) is 1.75. The highest BCUT2D eigenvalue weighted by molar-refractivity contribution is 5.36. The fraction of sp³-hybridized carbons (Fsp3) is 0.200. The third kappa shape index (κ3) is 2.73. The lowest BCUT2D eigenvalue weighted by molar-refractivity contribution is 0.0576. The molecule has 18 heavy (non-hydrogen) atoms. The van der Waals surface area contributed by atoms with Crippen LogP contribution in [0.1, 0.15) is 23.6 Å². The molecule has 2 rings (SSSR count). The number of nitriles is 1. The molecule has 0 radical (unpaired) electrons. The molecule has 0 aliphatic rings. The molecule has 3 nitrogen and oxygen atoms in total. The van der Waals surface area contributed by atoms with Crippen LogP contribution in [-0.2, 0) is 12.0 Å². The van der Waals surface area contributed by atoms with Gasteiger partial charge in [0.1, 0.15) is 0 Å². The summed E-state index contributed by atoms with van der Waals surface area (Å²) >= 11 is 0. The van der Waals surface area contributed by atoms with Crippen molar-refractivity contribution in [3.05, 3.63) is 65.5 Å². The number of aromatic nitrogens is 1. The third-order valence-corrected chi connectivity index (χ3v) is 2.91. The monoisotopic (exact) mass is 238 g/mol. The Kier molecular flexibility index (Phi) is 3.40. The second-order valence-electron chi connectivity index (χ2n) is 4.50. The average molecular weight is 238 g/mol. The quantitative estimate of drug-likeness (QED) is 0.893. The van der Waals surface area contributed by atoms with E-state index in [0.717, 1.165) is 11.1 Å². The predicted molar refractivity (Wildman–Crippen MR) is 68.7 cm³/mol. The summed E-state index contributed by atoms with van der Waals surface area (Å²) in [5, 5.41) is 19.4. The predicted octanol–water partition coefficient (Wildman–Crippen LogP) is 2.40. The Morgan fingerprint density at radius 3 is 2.67 bits per heavy atom. The van der Waals surface area contributed by atoms with E-state index in [-0.39, 0.29) is 0 Å². The van der Waals surface area contributed by atoms with Crippen LogP contribution in [0.3, 0.4) is 0 Å². The zero-order chi connectivity index (χ0) is 13.0. The molecule has 1 aromatic carbocycles. The highest BCUT2D eigenvalue weighted by atomic mass is 16.3. The Morgan fingerprint density at radius 1 is 1.28 bits per heavy atom. The van der Waals surface area contributed by atoms with Gasteiger partial charge in [0.25, 0.3) is 0 Å². The zero-order valence-electron chi connectivity index (χ0n) is 10.2. The van der Waals surface area contributed by atoms with E-state index >= 15 is 0 Å². The lowest BCUT2D eigenvalue weighted by Crippen LogP contribution is -2.24. The summed E-state index contributed by atoms with van der Waals surface area (Å²) in [5.41, 5.74) is 1.33. The van der Waals surface area contributed by atoms with Gasteiger partial charge in [0.15, 0.2) is 0 Å². The number of benzene rings is 1. The Hall–Kier alpha value is -2.18. The summed E-state index contributed by atoms with van der Waals surface area (Å²) in [7, 11) is 0. The second kappa shape index (κ2) is 4.99. The molecular formula is C15H14N2O. The molecule has 1 aromatic heterocycles. The van der Waals surface area contributed by atoms with E-state index in [1.165, 1.54) is 0 Å². The molecular weight excluding hydrogens is 224 g/mol. The Bertz CT molecular complexity index is 571.